The highest BCUT2D eigenvalue weighted by Gasteiger charge is 2.08. The second-order valence-corrected chi connectivity index (χ2v) is 7.12. The monoisotopic (exact) mass is 398 g/mol. The highest BCUT2D eigenvalue weighted by Crippen LogP contribution is 2.14. The second kappa shape index (κ2) is 9.98. The molecule has 6 nitrogen and oxygen atoms in total. The fourth-order valence-electron chi connectivity index (χ4n) is 2.64. The maximum Gasteiger partial charge on any atom is 0.230 e. The van der Waals surface area contributed by atoms with Gasteiger partial charge < -0.3 is 21.5 Å². The normalized spacial score (nSPS) is 13.5. The molecule has 2 aromatic carbocycles. The van der Waals surface area contributed by atoms with Gasteiger partial charge in [0.2, 0.25) is 5.91 Å². The lowest BCUT2D eigenvalue weighted by atomic mass is 10.1. The third kappa shape index (κ3) is 6.16. The van der Waals surface area contributed by atoms with Crippen molar-refractivity contribution in [2.24, 2.45) is 0 Å². The van der Waals surface area contributed by atoms with Crippen molar-refractivity contribution in [1.82, 2.24) is 10.3 Å². The lowest BCUT2D eigenvalue weighted by Crippen LogP contribution is -2.23. The molecule has 0 saturated carbocycles. The summed E-state index contributed by atoms with van der Waals surface area (Å²) < 4.78 is 16.0. The standard InChI is InChI=1S/C21H24N4O2S/c22-21-25-18(14-28-21)12-20(27)24-17-8-6-15(7-9-17)10-11-23-13-19(26)16-4-2-1-3-5-16/h1-9,14,19,23,26H,10-13H2,(H2,22,25)(H,24,27)/t19-/m1/s1/i12D2. The molecule has 1 amide bonds. The predicted octanol–water partition coefficient (Wildman–Crippen LogP) is 2.77. The summed E-state index contributed by atoms with van der Waals surface area (Å²) in [5.74, 6) is -0.794. The number of rotatable bonds is 9. The Balaban J connectivity index is 1.46. The van der Waals surface area contributed by atoms with E-state index in [9.17, 15) is 9.90 Å². The number of amides is 1. The van der Waals surface area contributed by atoms with Crippen LogP contribution in [-0.4, -0.2) is 29.1 Å². The van der Waals surface area contributed by atoms with Crippen molar-refractivity contribution in [3.05, 3.63) is 76.8 Å². The summed E-state index contributed by atoms with van der Waals surface area (Å²) in [6, 6.07) is 16.7. The Morgan fingerprint density at radius 3 is 2.64 bits per heavy atom. The van der Waals surface area contributed by atoms with Crippen molar-refractivity contribution in [2.75, 3.05) is 24.1 Å². The van der Waals surface area contributed by atoms with Gasteiger partial charge in [-0.1, -0.05) is 42.5 Å². The maximum atomic E-state index is 12.3. The zero-order valence-electron chi connectivity index (χ0n) is 17.3. The van der Waals surface area contributed by atoms with E-state index in [0.717, 1.165) is 28.9 Å². The van der Waals surface area contributed by atoms with Crippen LogP contribution in [0.5, 0.6) is 0 Å². The highest BCUT2D eigenvalue weighted by molar-refractivity contribution is 7.13. The van der Waals surface area contributed by atoms with E-state index >= 15 is 0 Å². The molecular weight excluding hydrogens is 372 g/mol. The minimum atomic E-state index is -2.27. The Hall–Kier alpha value is -2.74. The number of hydrogen-bond acceptors (Lipinski definition) is 6. The average Bonchev–Trinajstić information content (AvgIpc) is 3.20. The summed E-state index contributed by atoms with van der Waals surface area (Å²) in [7, 11) is 0. The number of aliphatic hydroxyl groups is 1. The van der Waals surface area contributed by atoms with Crippen LogP contribution in [-0.2, 0) is 17.6 Å². The number of carbonyl (C=O) groups is 1. The van der Waals surface area contributed by atoms with Crippen molar-refractivity contribution >= 4 is 28.1 Å². The zero-order valence-corrected chi connectivity index (χ0v) is 16.1. The highest BCUT2D eigenvalue weighted by atomic mass is 32.1. The van der Waals surface area contributed by atoms with Crippen LogP contribution in [0.2, 0.25) is 0 Å². The smallest absolute Gasteiger partial charge is 0.230 e. The second-order valence-electron chi connectivity index (χ2n) is 6.23. The topological polar surface area (TPSA) is 100 Å². The number of carbonyl (C=O) groups excluding carboxylic acids is 1. The number of nitrogen functional groups attached to an aromatic ring is 1. The van der Waals surface area contributed by atoms with Crippen LogP contribution in [0.1, 0.15) is 25.7 Å². The number of anilines is 2. The third-order valence-electron chi connectivity index (χ3n) is 4.09. The molecule has 1 atom stereocenters. The molecule has 0 bridgehead atoms. The van der Waals surface area contributed by atoms with Crippen molar-refractivity contribution in [2.45, 2.75) is 18.9 Å². The van der Waals surface area contributed by atoms with Crippen molar-refractivity contribution in [1.29, 1.82) is 0 Å². The van der Waals surface area contributed by atoms with Gasteiger partial charge in [-0.3, -0.25) is 4.79 Å². The number of benzene rings is 2. The molecule has 5 N–H and O–H groups in total. The molecule has 0 radical (unpaired) electrons. The van der Waals surface area contributed by atoms with E-state index in [1.165, 1.54) is 5.38 Å². The fraction of sp³-hybridized carbons (Fsp3) is 0.238. The van der Waals surface area contributed by atoms with Crippen LogP contribution in [0.3, 0.4) is 0 Å². The van der Waals surface area contributed by atoms with E-state index in [1.807, 2.05) is 42.5 Å². The Bertz CT molecular complexity index is 965. The van der Waals surface area contributed by atoms with Crippen LogP contribution in [0.4, 0.5) is 10.8 Å². The number of nitrogens with two attached hydrogens (primary N) is 1. The van der Waals surface area contributed by atoms with Gasteiger partial charge in [0, 0.05) is 20.4 Å². The molecule has 7 heteroatoms. The molecule has 28 heavy (non-hydrogen) atoms. The lowest BCUT2D eigenvalue weighted by molar-refractivity contribution is -0.115. The van der Waals surface area contributed by atoms with Gasteiger partial charge in [0.05, 0.1) is 18.2 Å². The van der Waals surface area contributed by atoms with E-state index in [1.54, 1.807) is 12.1 Å². The number of nitrogens with zero attached hydrogens (tertiary/aromatic N) is 1. The van der Waals surface area contributed by atoms with E-state index in [-0.39, 0.29) is 10.8 Å². The van der Waals surface area contributed by atoms with Gasteiger partial charge in [-0.2, -0.15) is 0 Å². The first-order valence-corrected chi connectivity index (χ1v) is 9.80. The molecule has 3 rings (SSSR count). The first kappa shape index (κ1) is 17.4. The SMILES string of the molecule is [2H]C([2H])(C(=O)Nc1ccc(CCNC[C@@H](O)c2ccccc2)cc1)c1csc(N)n1. The van der Waals surface area contributed by atoms with E-state index in [2.05, 4.69) is 15.6 Å². The summed E-state index contributed by atoms with van der Waals surface area (Å²) in [6.45, 7) is 1.16. The van der Waals surface area contributed by atoms with Gasteiger partial charge in [-0.25, -0.2) is 4.98 Å². The van der Waals surface area contributed by atoms with Gasteiger partial charge in [0.15, 0.2) is 5.13 Å². The molecule has 1 heterocycles. The van der Waals surface area contributed by atoms with Crippen molar-refractivity contribution < 1.29 is 12.6 Å². The summed E-state index contributed by atoms with van der Waals surface area (Å²) >= 11 is 1.09. The lowest BCUT2D eigenvalue weighted by Gasteiger charge is -2.12. The summed E-state index contributed by atoms with van der Waals surface area (Å²) in [4.78, 5) is 16.2. The van der Waals surface area contributed by atoms with Crippen molar-refractivity contribution in [3.63, 3.8) is 0 Å². The molecule has 0 spiro atoms. The number of hydrogen-bond donors (Lipinski definition) is 4. The van der Waals surface area contributed by atoms with Crippen LogP contribution in [0.25, 0.3) is 0 Å². The van der Waals surface area contributed by atoms with Crippen LogP contribution in [0.15, 0.2) is 60.0 Å². The molecule has 0 aliphatic heterocycles. The van der Waals surface area contributed by atoms with Gasteiger partial charge in [-0.15, -0.1) is 11.3 Å². The quantitative estimate of drug-likeness (QED) is 0.415. The zero-order chi connectivity index (χ0) is 21.6. The van der Waals surface area contributed by atoms with Gasteiger partial charge >= 0.3 is 0 Å². The molecule has 1 aromatic heterocycles. The summed E-state index contributed by atoms with van der Waals surface area (Å²) in [6.07, 6.45) is -2.06. The minimum Gasteiger partial charge on any atom is -0.387 e. The Morgan fingerprint density at radius 1 is 1.21 bits per heavy atom. The van der Waals surface area contributed by atoms with Crippen LogP contribution >= 0.6 is 11.3 Å². The Kier molecular flexibility index (Phi) is 6.19. The fourth-order valence-corrected chi connectivity index (χ4v) is 3.14. The first-order chi connectivity index (χ1) is 14.4. The summed E-state index contributed by atoms with van der Waals surface area (Å²) in [5.41, 5.74) is 7.98. The molecule has 3 aromatic rings. The number of nitrogens with one attached hydrogen (secondary N) is 2. The van der Waals surface area contributed by atoms with Gasteiger partial charge in [0.25, 0.3) is 0 Å². The first-order valence-electron chi connectivity index (χ1n) is 9.92. The van der Waals surface area contributed by atoms with Gasteiger partial charge in [0.1, 0.15) is 0 Å². The molecule has 0 aliphatic carbocycles. The van der Waals surface area contributed by atoms with Crippen LogP contribution < -0.4 is 16.4 Å². The molecule has 0 saturated heterocycles. The van der Waals surface area contributed by atoms with E-state index in [0.29, 0.717) is 18.8 Å². The third-order valence-corrected chi connectivity index (χ3v) is 4.76. The molecule has 146 valence electrons. The van der Waals surface area contributed by atoms with E-state index < -0.39 is 18.4 Å². The molecule has 0 unspecified atom stereocenters. The minimum absolute atomic E-state index is 0.00267. The predicted molar refractivity (Wildman–Crippen MR) is 113 cm³/mol. The van der Waals surface area contributed by atoms with Crippen LogP contribution in [0, 0.1) is 0 Å². The van der Waals surface area contributed by atoms with Crippen molar-refractivity contribution in [3.8, 4) is 0 Å². The number of aliphatic hydroxyl groups excluding tert-OH is 1. The molecule has 0 aliphatic rings. The maximum absolute atomic E-state index is 12.3. The Morgan fingerprint density at radius 2 is 1.96 bits per heavy atom. The largest absolute Gasteiger partial charge is 0.387 e. The molecule has 0 fully saturated rings. The van der Waals surface area contributed by atoms with Gasteiger partial charge in [-0.05, 0) is 36.2 Å². The van der Waals surface area contributed by atoms with E-state index in [4.69, 9.17) is 8.48 Å². The number of aromatic nitrogens is 1. The summed E-state index contributed by atoms with van der Waals surface area (Å²) in [5, 5.41) is 17.6. The average molecular weight is 399 g/mol. The molecular formula is C21H24N4O2S. The Labute approximate surface area is 171 Å². The number of thiazole rings is 1.